The van der Waals surface area contributed by atoms with Crippen molar-refractivity contribution in [2.24, 2.45) is 5.92 Å². The van der Waals surface area contributed by atoms with Crippen LogP contribution in [0.5, 0.6) is 5.75 Å². The number of carbonyl (C=O) groups excluding carboxylic acids is 1. The lowest BCUT2D eigenvalue weighted by Crippen LogP contribution is -2.20. The first-order chi connectivity index (χ1) is 10.6. The van der Waals surface area contributed by atoms with Crippen LogP contribution in [0.3, 0.4) is 0 Å². The van der Waals surface area contributed by atoms with E-state index in [1.54, 1.807) is 18.3 Å². The van der Waals surface area contributed by atoms with Crippen LogP contribution in [-0.2, 0) is 0 Å². The molecule has 1 aromatic carbocycles. The molecular formula is C17H21N3O2. The lowest BCUT2D eigenvalue weighted by Gasteiger charge is -2.12. The summed E-state index contributed by atoms with van der Waals surface area (Å²) in [6.07, 6.45) is 2.57. The predicted molar refractivity (Wildman–Crippen MR) is 88.3 cm³/mol. The molecule has 0 aliphatic carbocycles. The van der Waals surface area contributed by atoms with Crippen LogP contribution in [0.4, 0.5) is 16.3 Å². The molecule has 22 heavy (non-hydrogen) atoms. The molecule has 2 rings (SSSR count). The third kappa shape index (κ3) is 5.09. The number of rotatable bonds is 6. The maximum Gasteiger partial charge on any atom is 0.324 e. The van der Waals surface area contributed by atoms with Crippen molar-refractivity contribution >= 4 is 17.5 Å². The largest absolute Gasteiger partial charge is 0.490 e. The number of hydrogen-bond donors (Lipinski definition) is 2. The van der Waals surface area contributed by atoms with Gasteiger partial charge in [0.15, 0.2) is 11.6 Å². The molecule has 0 bridgehead atoms. The summed E-state index contributed by atoms with van der Waals surface area (Å²) in [6, 6.07) is 12.5. The van der Waals surface area contributed by atoms with Crippen LogP contribution in [0, 0.1) is 5.92 Å². The fourth-order valence-electron chi connectivity index (χ4n) is 1.80. The van der Waals surface area contributed by atoms with Crippen molar-refractivity contribution in [2.75, 3.05) is 17.2 Å². The Hall–Kier alpha value is -2.56. The highest BCUT2D eigenvalue weighted by Gasteiger charge is 2.09. The summed E-state index contributed by atoms with van der Waals surface area (Å²) < 4.78 is 5.69. The van der Waals surface area contributed by atoms with E-state index in [0.29, 0.717) is 24.1 Å². The Kier molecular flexibility index (Phi) is 5.77. The molecule has 0 unspecified atom stereocenters. The van der Waals surface area contributed by atoms with Crippen LogP contribution in [0.1, 0.15) is 20.3 Å². The number of benzene rings is 1. The number of amides is 2. The lowest BCUT2D eigenvalue weighted by molar-refractivity contribution is 0.261. The molecule has 0 saturated heterocycles. The minimum Gasteiger partial charge on any atom is -0.490 e. The normalized spacial score (nSPS) is 10.3. The topological polar surface area (TPSA) is 63.2 Å². The zero-order valence-corrected chi connectivity index (χ0v) is 12.9. The summed E-state index contributed by atoms with van der Waals surface area (Å²) in [5, 5.41) is 5.46. The summed E-state index contributed by atoms with van der Waals surface area (Å²) in [7, 11) is 0. The molecule has 2 N–H and O–H groups in total. The van der Waals surface area contributed by atoms with E-state index in [1.807, 2.05) is 30.3 Å². The Morgan fingerprint density at radius 3 is 2.64 bits per heavy atom. The number of para-hydroxylation sites is 1. The first-order valence-electron chi connectivity index (χ1n) is 7.36. The van der Waals surface area contributed by atoms with Crippen molar-refractivity contribution in [3.8, 4) is 5.75 Å². The summed E-state index contributed by atoms with van der Waals surface area (Å²) in [5.74, 6) is 1.56. The van der Waals surface area contributed by atoms with E-state index < -0.39 is 0 Å². The molecule has 5 heteroatoms. The summed E-state index contributed by atoms with van der Waals surface area (Å²) in [5.41, 5.74) is 0.721. The van der Waals surface area contributed by atoms with Gasteiger partial charge in [-0.05, 0) is 36.6 Å². The molecule has 0 atom stereocenters. The standard InChI is InChI=1S/C17H21N3O2/c1-13(2)10-12-22-15-9-6-11-18-16(15)20-17(21)19-14-7-4-3-5-8-14/h3-9,11,13H,10,12H2,1-2H3,(H2,18,19,20,21). The number of nitrogens with one attached hydrogen (secondary N) is 2. The van der Waals surface area contributed by atoms with Gasteiger partial charge in [-0.1, -0.05) is 32.0 Å². The van der Waals surface area contributed by atoms with Crippen LogP contribution < -0.4 is 15.4 Å². The van der Waals surface area contributed by atoms with Crippen molar-refractivity contribution in [3.05, 3.63) is 48.7 Å². The zero-order valence-electron chi connectivity index (χ0n) is 12.9. The third-order valence-corrected chi connectivity index (χ3v) is 2.99. The number of anilines is 2. The molecule has 1 aromatic heterocycles. The molecule has 0 aliphatic rings. The van der Waals surface area contributed by atoms with Gasteiger partial charge in [0.25, 0.3) is 0 Å². The highest BCUT2D eigenvalue weighted by atomic mass is 16.5. The quantitative estimate of drug-likeness (QED) is 0.842. The second kappa shape index (κ2) is 8.02. The molecule has 0 spiro atoms. The Bertz CT molecular complexity index is 600. The van der Waals surface area contributed by atoms with E-state index in [4.69, 9.17) is 4.74 Å². The van der Waals surface area contributed by atoms with Crippen molar-refractivity contribution in [1.29, 1.82) is 0 Å². The average Bonchev–Trinajstić information content (AvgIpc) is 2.49. The molecule has 1 heterocycles. The van der Waals surface area contributed by atoms with Gasteiger partial charge in [0.1, 0.15) is 0 Å². The fraction of sp³-hybridized carbons (Fsp3) is 0.294. The highest BCUT2D eigenvalue weighted by Crippen LogP contribution is 2.21. The SMILES string of the molecule is CC(C)CCOc1cccnc1NC(=O)Nc1ccccc1. The highest BCUT2D eigenvalue weighted by molar-refractivity contribution is 5.99. The molecule has 2 amide bonds. The maximum atomic E-state index is 12.0. The van der Waals surface area contributed by atoms with Gasteiger partial charge in [-0.25, -0.2) is 9.78 Å². The van der Waals surface area contributed by atoms with Crippen molar-refractivity contribution in [2.45, 2.75) is 20.3 Å². The average molecular weight is 299 g/mol. The van der Waals surface area contributed by atoms with Crippen molar-refractivity contribution in [1.82, 2.24) is 4.98 Å². The van der Waals surface area contributed by atoms with Crippen molar-refractivity contribution in [3.63, 3.8) is 0 Å². The number of aromatic nitrogens is 1. The second-order valence-corrected chi connectivity index (χ2v) is 5.33. The van der Waals surface area contributed by atoms with Gasteiger partial charge in [-0.3, -0.25) is 5.32 Å². The number of pyridine rings is 1. The second-order valence-electron chi connectivity index (χ2n) is 5.33. The van der Waals surface area contributed by atoms with Crippen LogP contribution in [-0.4, -0.2) is 17.6 Å². The first kappa shape index (κ1) is 15.8. The van der Waals surface area contributed by atoms with Gasteiger partial charge in [-0.2, -0.15) is 0 Å². The molecular weight excluding hydrogens is 278 g/mol. The van der Waals surface area contributed by atoms with Gasteiger partial charge < -0.3 is 10.1 Å². The van der Waals surface area contributed by atoms with Gasteiger partial charge in [0.05, 0.1) is 6.61 Å². The van der Waals surface area contributed by atoms with Crippen LogP contribution in [0.15, 0.2) is 48.7 Å². The minimum absolute atomic E-state index is 0.349. The van der Waals surface area contributed by atoms with Crippen molar-refractivity contribution < 1.29 is 9.53 Å². The van der Waals surface area contributed by atoms with Gasteiger partial charge in [-0.15, -0.1) is 0 Å². The van der Waals surface area contributed by atoms with E-state index in [-0.39, 0.29) is 6.03 Å². The predicted octanol–water partition coefficient (Wildman–Crippen LogP) is 4.15. The molecule has 5 nitrogen and oxygen atoms in total. The van der Waals surface area contributed by atoms with Gasteiger partial charge >= 0.3 is 6.03 Å². The summed E-state index contributed by atoms with van der Waals surface area (Å²) >= 11 is 0. The number of ether oxygens (including phenoxy) is 1. The number of carbonyl (C=O) groups is 1. The zero-order chi connectivity index (χ0) is 15.8. The van der Waals surface area contributed by atoms with E-state index >= 15 is 0 Å². The van der Waals surface area contributed by atoms with Crippen LogP contribution in [0.25, 0.3) is 0 Å². The van der Waals surface area contributed by atoms with Gasteiger partial charge in [0.2, 0.25) is 0 Å². The van der Waals surface area contributed by atoms with E-state index in [2.05, 4.69) is 29.5 Å². The first-order valence-corrected chi connectivity index (χ1v) is 7.36. The Balaban J connectivity index is 1.95. The third-order valence-electron chi connectivity index (χ3n) is 2.99. The summed E-state index contributed by atoms with van der Waals surface area (Å²) in [6.45, 7) is 4.87. The smallest absolute Gasteiger partial charge is 0.324 e. The van der Waals surface area contributed by atoms with E-state index in [0.717, 1.165) is 12.1 Å². The number of urea groups is 1. The Labute approximate surface area is 130 Å². The monoisotopic (exact) mass is 299 g/mol. The molecule has 2 aromatic rings. The fourth-order valence-corrected chi connectivity index (χ4v) is 1.80. The van der Waals surface area contributed by atoms with Gasteiger partial charge in [0, 0.05) is 11.9 Å². The molecule has 0 radical (unpaired) electrons. The Morgan fingerprint density at radius 1 is 1.14 bits per heavy atom. The van der Waals surface area contributed by atoms with Crippen LogP contribution >= 0.6 is 0 Å². The van der Waals surface area contributed by atoms with E-state index in [9.17, 15) is 4.79 Å². The molecule has 0 fully saturated rings. The molecule has 0 saturated carbocycles. The number of hydrogen-bond acceptors (Lipinski definition) is 3. The number of nitrogens with zero attached hydrogens (tertiary/aromatic N) is 1. The molecule has 116 valence electrons. The van der Waals surface area contributed by atoms with E-state index in [1.165, 1.54) is 0 Å². The minimum atomic E-state index is -0.349. The maximum absolute atomic E-state index is 12.0. The lowest BCUT2D eigenvalue weighted by atomic mass is 10.1. The summed E-state index contributed by atoms with van der Waals surface area (Å²) in [4.78, 5) is 16.2. The Morgan fingerprint density at radius 2 is 1.91 bits per heavy atom. The van der Waals surface area contributed by atoms with Crippen LogP contribution in [0.2, 0.25) is 0 Å². The molecule has 0 aliphatic heterocycles.